The summed E-state index contributed by atoms with van der Waals surface area (Å²) < 4.78 is 578. The first-order valence-corrected chi connectivity index (χ1v) is 43.3. The molecule has 0 fully saturated rings. The van der Waals surface area contributed by atoms with E-state index in [1.807, 2.05) is 67.6 Å². The molecule has 0 N–H and O–H groups in total. The topological polar surface area (TPSA) is 181 Å². The fourth-order valence-electron chi connectivity index (χ4n) is 7.00. The van der Waals surface area contributed by atoms with Crippen LogP contribution in [-0.2, 0) is 64.5 Å². The van der Waals surface area contributed by atoms with E-state index in [1.165, 1.54) is 31.4 Å². The van der Waals surface area contributed by atoms with E-state index < -0.39 is 224 Å². The number of aryl methyl sites for hydroxylation is 1. The molecule has 0 amide bonds. The number of hydrogen-bond acceptors (Lipinski definition) is 10. The molecule has 0 bridgehead atoms. The number of rotatable bonds is 8. The van der Waals surface area contributed by atoms with E-state index in [0.29, 0.717) is 22.2 Å². The van der Waals surface area contributed by atoms with E-state index in [0.717, 1.165) is 44.5 Å². The summed E-state index contributed by atoms with van der Waals surface area (Å²) in [5.41, 5.74) is -15.1. The standard InChI is InChI=1S/C19H7F10OS.C18H12Cl2FS.C8H3BF6.C7H8O3S.C6BF5.2CHF3O3S.BF3.F6P.7FH.Sb/c1-30-6-2-4-7(5-3-6)31(18-14(26)10(22)8(20)11(23)15(18)27)19-16(28)12(24)9(21)13(25)17(19)29;19-13-1-7-16(8-2-13)22(17-9-3-14(20)4-10-17)18-11-5-15(21)6-12-18;9-6-2-4(7(10,11)12)1-5(3-6)8(13,14)15;1-6-2-4-7(5-3-6)11(8,9)10;7-1-2(8)4(10)6(12)5(11)3(1)9;2*2-1(3,4)8(5,6)7;2-1(3)4;1-7(2,3,4,5)6;;;;;;;;/h2-5H,1H3;1-12H;1-3H;2-5H,1H3,(H,8,9,10);;2*(H,5,6,7);;;7*1H;/q2*+1;;;;;;;-1;;;;;;;;+5/p-10. The van der Waals surface area contributed by atoms with Gasteiger partial charge in [0.1, 0.15) is 48.3 Å². The third kappa shape index (κ3) is 43.5. The van der Waals surface area contributed by atoms with Gasteiger partial charge in [0.2, 0.25) is 68.0 Å². The summed E-state index contributed by atoms with van der Waals surface area (Å²) in [6.07, 6.45) is -9.68. The molecular weight excluding hydrogens is 2130 g/mol. The van der Waals surface area contributed by atoms with Crippen LogP contribution in [-0.4, -0.2) is 101 Å². The molecule has 0 spiro atoms. The molecular formula is C60H29B3Cl2F44O10PS5Sb-4. The zero-order valence-corrected chi connectivity index (χ0v) is 68.0. The zero-order valence-electron chi connectivity index (χ0n) is 58.9. The fraction of sp³-hybridized carbons (Fsp3) is 0.100. The Balaban J connectivity index is -0.00000141. The average molecular weight is 2160 g/mol. The molecule has 0 heterocycles. The minimum atomic E-state index is -10.7. The first-order valence-electron chi connectivity index (χ1n) is 29.0. The van der Waals surface area contributed by atoms with Crippen molar-refractivity contribution >= 4 is 138 Å². The summed E-state index contributed by atoms with van der Waals surface area (Å²) in [7, 11) is -23.4. The number of alkyl halides is 12. The van der Waals surface area contributed by atoms with E-state index in [9.17, 15) is 188 Å². The third-order valence-electron chi connectivity index (χ3n) is 11.9. The Labute approximate surface area is 698 Å². The van der Waals surface area contributed by atoms with Crippen LogP contribution in [0.4, 0.5) is 175 Å². The Hall–Kier alpha value is -7.85. The molecule has 66 heteroatoms. The predicted molar refractivity (Wildman–Crippen MR) is 357 cm³/mol. The summed E-state index contributed by atoms with van der Waals surface area (Å²) >= 11 is 2.78. The Morgan fingerprint density at radius 2 is 0.603 bits per heavy atom. The second-order valence-electron chi connectivity index (χ2n) is 21.2. The van der Waals surface area contributed by atoms with Gasteiger partial charge in [-0.05, 0) is 128 Å². The number of ether oxygens (including phenoxy) is 1. The molecule has 126 heavy (non-hydrogen) atoms. The molecule has 0 saturated carbocycles. The van der Waals surface area contributed by atoms with E-state index >= 15 is 0 Å². The molecule has 0 atom stereocenters. The van der Waals surface area contributed by atoms with Crippen molar-refractivity contribution in [1.82, 2.24) is 0 Å². The predicted octanol–water partition coefficient (Wildman–Crippen LogP) is 17.1. The Morgan fingerprint density at radius 3 is 0.825 bits per heavy atom. The third-order valence-corrected chi connectivity index (χ3v) is 18.9. The van der Waals surface area contributed by atoms with Crippen molar-refractivity contribution in [1.29, 1.82) is 0 Å². The van der Waals surface area contributed by atoms with Gasteiger partial charge in [-0.15, -0.1) is 0 Å². The number of methoxy groups -OCH3 is 1. The van der Waals surface area contributed by atoms with Crippen molar-refractivity contribution < 1.29 is 228 Å². The van der Waals surface area contributed by atoms with Crippen LogP contribution in [0.1, 0.15) is 16.7 Å². The quantitative estimate of drug-likeness (QED) is 0.0208. The monoisotopic (exact) mass is 2160 g/mol. The van der Waals surface area contributed by atoms with Crippen molar-refractivity contribution in [2.75, 3.05) is 7.11 Å². The zero-order chi connectivity index (χ0) is 98.0. The van der Waals surface area contributed by atoms with Crippen molar-refractivity contribution in [2.24, 2.45) is 0 Å². The van der Waals surface area contributed by atoms with Crippen molar-refractivity contribution in [3.05, 3.63) is 259 Å². The molecule has 9 rings (SSSR count). The van der Waals surface area contributed by atoms with E-state index in [4.69, 9.17) is 61.7 Å². The van der Waals surface area contributed by atoms with Crippen molar-refractivity contribution in [2.45, 2.75) is 64.6 Å². The fourth-order valence-corrected chi connectivity index (χ4v) is 11.9. The Bertz CT molecular complexity index is 5040. The van der Waals surface area contributed by atoms with Gasteiger partial charge >= 0.3 is 98.3 Å². The van der Waals surface area contributed by atoms with Gasteiger partial charge in [-0.2, -0.15) is 70.2 Å². The first-order chi connectivity index (χ1) is 55.1. The van der Waals surface area contributed by atoms with Crippen LogP contribution in [0.2, 0.25) is 10.0 Å². The molecule has 0 aliphatic carbocycles. The van der Waals surface area contributed by atoms with Crippen molar-refractivity contribution in [3.63, 3.8) is 0 Å². The maximum absolute atomic E-state index is 14.5. The number of halogens is 46. The summed E-state index contributed by atoms with van der Waals surface area (Å²) in [5.74, 6) is -35.3. The summed E-state index contributed by atoms with van der Waals surface area (Å²) in [4.78, 5) is -0.951. The molecule has 0 unspecified atom stereocenters. The second kappa shape index (κ2) is 46.1. The van der Waals surface area contributed by atoms with Crippen LogP contribution < -0.4 is 25.1 Å². The van der Waals surface area contributed by atoms with E-state index in [-0.39, 0.29) is 42.8 Å². The van der Waals surface area contributed by atoms with Gasteiger partial charge in [0.25, 0.3) is 0 Å². The molecule has 0 aliphatic rings. The summed E-state index contributed by atoms with van der Waals surface area (Å²) in [6.45, 7) is 1.82. The SMILES string of the molecule is COc1ccc([S+](c2c(F)c(F)c(F)c(F)c2F)c2c(F)c(F)c(F)c(F)c2F)cc1.Cc1ccc(S(=O)(=O)[O-])cc1.FB(F)F.F[P-](F)(F)(F)(F)F.Fc1ccc([S+](c2ccc(Cl)cc2)c2ccc(Cl)cc2)cc1.O=S(=O)([O-])C(F)(F)F.O=S(=O)([O-])C(F)(F)F.[B]c1c(F)c(F)c(F)c(F)c1F.[B]c1cc(C(F)(F)F)cc(C(F)(F)F)c1.[F-].[F-].[F][Sb]([F])([F])([F])[F]. The van der Waals surface area contributed by atoms with Gasteiger partial charge in [0.05, 0.1) is 34.0 Å². The number of benzene rings is 9. The van der Waals surface area contributed by atoms with Crippen LogP contribution in [0.15, 0.2) is 174 Å². The molecule has 0 aliphatic heterocycles. The first kappa shape index (κ1) is 122. The van der Waals surface area contributed by atoms with Crippen LogP contribution in [0, 0.1) is 100.0 Å². The normalized spacial score (nSPS) is 12.4. The summed E-state index contributed by atoms with van der Waals surface area (Å²) in [5, 5.41) is 1.39. The van der Waals surface area contributed by atoms with Gasteiger partial charge in [-0.25, -0.2) is 77.9 Å². The molecule has 9 aromatic rings. The van der Waals surface area contributed by atoms with Crippen molar-refractivity contribution in [3.8, 4) is 5.75 Å². The number of hydrogen-bond donors (Lipinski definition) is 0. The average Bonchev–Trinajstić information content (AvgIpc) is 0.740. The van der Waals surface area contributed by atoms with Gasteiger partial charge in [0, 0.05) is 10.0 Å². The van der Waals surface area contributed by atoms with Gasteiger partial charge in [0.15, 0.2) is 68.9 Å². The molecule has 10 nitrogen and oxygen atoms in total. The van der Waals surface area contributed by atoms with Crippen LogP contribution in [0.25, 0.3) is 0 Å². The van der Waals surface area contributed by atoms with Gasteiger partial charge < -0.3 is 27.8 Å². The van der Waals surface area contributed by atoms with E-state index in [2.05, 4.69) is 7.85 Å². The molecule has 704 valence electrons. The van der Waals surface area contributed by atoms with Crippen LogP contribution in [0.3, 0.4) is 0 Å². The molecule has 0 aromatic heterocycles. The Morgan fingerprint density at radius 1 is 0.389 bits per heavy atom. The van der Waals surface area contributed by atoms with Gasteiger partial charge in [-0.1, -0.05) is 58.5 Å². The van der Waals surface area contributed by atoms with Crippen LogP contribution in [0.5, 0.6) is 5.75 Å². The minimum absolute atomic E-state index is 0. The second-order valence-corrected chi connectivity index (χ2v) is 35.7. The maximum atomic E-state index is 14.5. The molecule has 9 aromatic carbocycles. The van der Waals surface area contributed by atoms with Gasteiger partial charge in [-0.3, -0.25) is 12.9 Å². The van der Waals surface area contributed by atoms with E-state index in [1.54, 1.807) is 12.1 Å². The summed E-state index contributed by atoms with van der Waals surface area (Å²) in [6, 6.07) is 32.8. The van der Waals surface area contributed by atoms with Crippen LogP contribution >= 0.6 is 31.0 Å². The Kier molecular flexibility index (Phi) is 44.7. The molecule has 0 saturated heterocycles. The molecule has 4 radical (unpaired) electrons.